The smallest absolute Gasteiger partial charge is 0.191 e. The Kier molecular flexibility index (Phi) is 12.8. The first kappa shape index (κ1) is 25.2. The fourth-order valence-electron chi connectivity index (χ4n) is 3.66. The predicted molar refractivity (Wildman–Crippen MR) is 128 cm³/mol. The van der Waals surface area contributed by atoms with Gasteiger partial charge < -0.3 is 20.1 Å². The molecule has 2 N–H and O–H groups in total. The molecule has 28 heavy (non-hydrogen) atoms. The Morgan fingerprint density at radius 1 is 1.25 bits per heavy atom. The molecule has 2 rings (SSSR count). The highest BCUT2D eigenvalue weighted by Crippen LogP contribution is 2.22. The molecule has 1 aliphatic rings. The third-order valence-corrected chi connectivity index (χ3v) is 5.47. The average molecular weight is 505 g/mol. The molecular weight excluding hydrogens is 465 g/mol. The van der Waals surface area contributed by atoms with Gasteiger partial charge in [0.05, 0.1) is 5.69 Å². The summed E-state index contributed by atoms with van der Waals surface area (Å²) in [6.45, 7) is 13.7. The van der Waals surface area contributed by atoms with E-state index in [4.69, 9.17) is 9.52 Å². The molecular formula is C21H40IN5O. The van der Waals surface area contributed by atoms with Crippen molar-refractivity contribution in [1.82, 2.24) is 20.7 Å². The number of aliphatic imine (C=N–C) groups is 1. The lowest BCUT2D eigenvalue weighted by molar-refractivity contribution is 0.203. The molecule has 1 aliphatic heterocycles. The van der Waals surface area contributed by atoms with E-state index in [1.165, 1.54) is 45.3 Å². The normalized spacial score (nSPS) is 16.2. The molecule has 7 heteroatoms. The van der Waals surface area contributed by atoms with Crippen LogP contribution < -0.4 is 10.6 Å². The second kappa shape index (κ2) is 14.2. The second-order valence-electron chi connectivity index (χ2n) is 7.54. The van der Waals surface area contributed by atoms with Crippen LogP contribution in [0.1, 0.15) is 83.6 Å². The van der Waals surface area contributed by atoms with Crippen molar-refractivity contribution in [2.75, 3.05) is 26.2 Å². The van der Waals surface area contributed by atoms with Crippen molar-refractivity contribution in [3.63, 3.8) is 0 Å². The summed E-state index contributed by atoms with van der Waals surface area (Å²) in [6.07, 6.45) is 7.11. The predicted octanol–water partition coefficient (Wildman–Crippen LogP) is 4.52. The summed E-state index contributed by atoms with van der Waals surface area (Å²) < 4.78 is 5.50. The zero-order valence-electron chi connectivity index (χ0n) is 18.2. The molecule has 0 unspecified atom stereocenters. The van der Waals surface area contributed by atoms with Crippen molar-refractivity contribution < 1.29 is 4.52 Å². The van der Waals surface area contributed by atoms with E-state index in [1.54, 1.807) is 0 Å². The number of piperidine rings is 1. The van der Waals surface area contributed by atoms with Crippen molar-refractivity contribution in [3.05, 3.63) is 17.5 Å². The summed E-state index contributed by atoms with van der Waals surface area (Å²) in [6, 6.07) is 2.56. The lowest BCUT2D eigenvalue weighted by atomic mass is 9.99. The molecule has 0 amide bonds. The number of guanidine groups is 1. The first-order valence-electron chi connectivity index (χ1n) is 10.9. The zero-order chi connectivity index (χ0) is 19.5. The van der Waals surface area contributed by atoms with Crippen molar-refractivity contribution in [2.24, 2.45) is 4.99 Å². The topological polar surface area (TPSA) is 65.7 Å². The fourth-order valence-corrected chi connectivity index (χ4v) is 3.66. The summed E-state index contributed by atoms with van der Waals surface area (Å²) in [5.74, 6) is 2.20. The van der Waals surface area contributed by atoms with Gasteiger partial charge in [0.1, 0.15) is 6.54 Å². The van der Waals surface area contributed by atoms with Crippen LogP contribution in [0.15, 0.2) is 15.6 Å². The van der Waals surface area contributed by atoms with E-state index in [2.05, 4.69) is 54.5 Å². The van der Waals surface area contributed by atoms with E-state index in [0.717, 1.165) is 36.8 Å². The molecule has 1 aromatic rings. The Morgan fingerprint density at radius 3 is 2.57 bits per heavy atom. The lowest BCUT2D eigenvalue weighted by Crippen LogP contribution is -2.48. The first-order chi connectivity index (χ1) is 13.2. The van der Waals surface area contributed by atoms with Gasteiger partial charge in [0.25, 0.3) is 0 Å². The Morgan fingerprint density at radius 2 is 1.96 bits per heavy atom. The standard InChI is InChI=1S/C21H39N5O.HI/c1-5-9-12-26-13-10-18(11-14-26)24-21(22-8-4)23-16-19-15-20(25-27-19)17(6-2)7-3;/h15,17-18H,5-14,16H2,1-4H3,(H2,22,23,24);1H. The van der Waals surface area contributed by atoms with E-state index < -0.39 is 0 Å². The maximum atomic E-state index is 5.50. The van der Waals surface area contributed by atoms with Crippen molar-refractivity contribution >= 4 is 29.9 Å². The maximum Gasteiger partial charge on any atom is 0.191 e. The van der Waals surface area contributed by atoms with Crippen LogP contribution in [-0.4, -0.2) is 48.2 Å². The van der Waals surface area contributed by atoms with E-state index in [-0.39, 0.29) is 24.0 Å². The van der Waals surface area contributed by atoms with Gasteiger partial charge in [-0.05, 0) is 45.6 Å². The molecule has 1 saturated heterocycles. The number of halogens is 1. The van der Waals surface area contributed by atoms with Crippen molar-refractivity contribution in [3.8, 4) is 0 Å². The lowest BCUT2D eigenvalue weighted by Gasteiger charge is -2.33. The van der Waals surface area contributed by atoms with Gasteiger partial charge in [-0.15, -0.1) is 24.0 Å². The number of unbranched alkanes of at least 4 members (excludes halogenated alkanes) is 1. The second-order valence-corrected chi connectivity index (χ2v) is 7.54. The SMILES string of the molecule is CCCCN1CCC(NC(=NCc2cc(C(CC)CC)no2)NCC)CC1.I. The Balaban J connectivity index is 0.00000392. The van der Waals surface area contributed by atoms with Crippen LogP contribution in [0.2, 0.25) is 0 Å². The minimum absolute atomic E-state index is 0. The van der Waals surface area contributed by atoms with Crippen LogP contribution in [0.5, 0.6) is 0 Å². The van der Waals surface area contributed by atoms with Crippen LogP contribution in [0.4, 0.5) is 0 Å². The zero-order valence-corrected chi connectivity index (χ0v) is 20.5. The summed E-state index contributed by atoms with van der Waals surface area (Å²) in [5.41, 5.74) is 1.06. The molecule has 0 aliphatic carbocycles. The number of rotatable bonds is 10. The largest absolute Gasteiger partial charge is 0.359 e. The quantitative estimate of drug-likeness (QED) is 0.278. The monoisotopic (exact) mass is 505 g/mol. The van der Waals surface area contributed by atoms with Gasteiger partial charge in [0.15, 0.2) is 11.7 Å². The molecule has 0 atom stereocenters. The van der Waals surface area contributed by atoms with Crippen molar-refractivity contribution in [2.45, 2.75) is 84.7 Å². The molecule has 0 spiro atoms. The highest BCUT2D eigenvalue weighted by Gasteiger charge is 2.19. The average Bonchev–Trinajstić information content (AvgIpc) is 3.15. The summed E-state index contributed by atoms with van der Waals surface area (Å²) in [7, 11) is 0. The minimum atomic E-state index is 0. The van der Waals surface area contributed by atoms with E-state index >= 15 is 0 Å². The Labute approximate surface area is 188 Å². The highest BCUT2D eigenvalue weighted by atomic mass is 127. The number of likely N-dealkylation sites (tertiary alicyclic amines) is 1. The van der Waals surface area contributed by atoms with Crippen LogP contribution in [0, 0.1) is 0 Å². The number of aromatic nitrogens is 1. The van der Waals surface area contributed by atoms with Gasteiger partial charge >= 0.3 is 0 Å². The van der Waals surface area contributed by atoms with E-state index in [9.17, 15) is 0 Å². The van der Waals surface area contributed by atoms with Gasteiger partial charge in [-0.3, -0.25) is 0 Å². The van der Waals surface area contributed by atoms with E-state index in [0.29, 0.717) is 18.5 Å². The summed E-state index contributed by atoms with van der Waals surface area (Å²) >= 11 is 0. The van der Waals surface area contributed by atoms with Gasteiger partial charge in [0, 0.05) is 37.7 Å². The van der Waals surface area contributed by atoms with Crippen molar-refractivity contribution in [1.29, 1.82) is 0 Å². The molecule has 162 valence electrons. The molecule has 0 radical (unpaired) electrons. The number of hydrogen-bond donors (Lipinski definition) is 2. The van der Waals surface area contributed by atoms with Gasteiger partial charge in [0.2, 0.25) is 0 Å². The maximum absolute atomic E-state index is 5.50. The molecule has 1 fully saturated rings. The van der Waals surface area contributed by atoms with Gasteiger partial charge in [-0.2, -0.15) is 0 Å². The van der Waals surface area contributed by atoms with E-state index in [1.807, 2.05) is 0 Å². The third-order valence-electron chi connectivity index (χ3n) is 5.47. The first-order valence-corrected chi connectivity index (χ1v) is 10.9. The third kappa shape index (κ3) is 8.27. The summed E-state index contributed by atoms with van der Waals surface area (Å²) in [4.78, 5) is 7.30. The van der Waals surface area contributed by atoms with Crippen LogP contribution in [0.25, 0.3) is 0 Å². The summed E-state index contributed by atoms with van der Waals surface area (Å²) in [5, 5.41) is 11.2. The highest BCUT2D eigenvalue weighted by molar-refractivity contribution is 14.0. The molecule has 6 nitrogen and oxygen atoms in total. The number of hydrogen-bond acceptors (Lipinski definition) is 4. The molecule has 0 bridgehead atoms. The van der Waals surface area contributed by atoms with Crippen LogP contribution >= 0.6 is 24.0 Å². The molecule has 0 aromatic carbocycles. The fraction of sp³-hybridized carbons (Fsp3) is 0.810. The van der Waals surface area contributed by atoms with Gasteiger partial charge in [-0.25, -0.2) is 4.99 Å². The Bertz CT molecular complexity index is 551. The number of nitrogens with zero attached hydrogens (tertiary/aromatic N) is 3. The van der Waals surface area contributed by atoms with Crippen LogP contribution in [-0.2, 0) is 6.54 Å². The number of nitrogens with one attached hydrogen (secondary N) is 2. The van der Waals surface area contributed by atoms with Crippen LogP contribution in [0.3, 0.4) is 0 Å². The molecule has 1 aromatic heterocycles. The minimum Gasteiger partial charge on any atom is -0.359 e. The molecule has 2 heterocycles. The Hall–Kier alpha value is -0.830. The molecule has 0 saturated carbocycles. The van der Waals surface area contributed by atoms with Gasteiger partial charge in [-0.1, -0.05) is 32.3 Å².